The van der Waals surface area contributed by atoms with E-state index in [9.17, 15) is 9.59 Å². The van der Waals surface area contributed by atoms with Crippen LogP contribution in [-0.4, -0.2) is 44.7 Å². The molecule has 0 bridgehead atoms. The van der Waals surface area contributed by atoms with Crippen molar-refractivity contribution in [1.29, 1.82) is 0 Å². The van der Waals surface area contributed by atoms with Gasteiger partial charge in [-0.15, -0.1) is 5.10 Å². The van der Waals surface area contributed by atoms with E-state index < -0.39 is 11.5 Å². The van der Waals surface area contributed by atoms with Gasteiger partial charge in [-0.3, -0.25) is 14.2 Å². The number of anilines is 1. The molecule has 10 nitrogen and oxygen atoms in total. The van der Waals surface area contributed by atoms with E-state index in [0.29, 0.717) is 22.8 Å². The Hall–Kier alpha value is -4.21. The number of amides is 1. The molecule has 2 heterocycles. The number of benzene rings is 2. The molecule has 0 unspecified atom stereocenters. The van der Waals surface area contributed by atoms with Gasteiger partial charge in [0.25, 0.3) is 5.56 Å². The Balaban J connectivity index is 1.57. The molecule has 10 heteroatoms. The quantitative estimate of drug-likeness (QED) is 0.507. The molecule has 0 radical (unpaired) electrons. The van der Waals surface area contributed by atoms with Gasteiger partial charge in [0, 0.05) is 11.8 Å². The third kappa shape index (κ3) is 3.95. The number of carbonyl (C=O) groups is 1. The summed E-state index contributed by atoms with van der Waals surface area (Å²) in [5, 5.41) is 10.8. The predicted octanol–water partition coefficient (Wildman–Crippen LogP) is 1.94. The van der Waals surface area contributed by atoms with Crippen molar-refractivity contribution in [3.05, 3.63) is 64.7 Å². The number of nitrogens with zero attached hydrogens (tertiary/aromatic N) is 5. The van der Waals surface area contributed by atoms with Crippen molar-refractivity contribution in [3.63, 3.8) is 0 Å². The monoisotopic (exact) mass is 420 g/mol. The van der Waals surface area contributed by atoms with Crippen molar-refractivity contribution < 1.29 is 14.3 Å². The summed E-state index contributed by atoms with van der Waals surface area (Å²) >= 11 is 0. The molecule has 0 saturated carbocycles. The maximum absolute atomic E-state index is 12.8. The van der Waals surface area contributed by atoms with E-state index in [0.717, 1.165) is 11.3 Å². The van der Waals surface area contributed by atoms with E-state index >= 15 is 0 Å². The highest BCUT2D eigenvalue weighted by Gasteiger charge is 2.15. The highest BCUT2D eigenvalue weighted by atomic mass is 16.5. The fraction of sp³-hybridized carbons (Fsp3) is 0.190. The Morgan fingerprint density at radius 3 is 2.65 bits per heavy atom. The molecule has 0 aliphatic carbocycles. The van der Waals surface area contributed by atoms with Gasteiger partial charge in [0.05, 0.1) is 19.9 Å². The number of carbonyl (C=O) groups excluding carboxylic acids is 1. The molecule has 0 atom stereocenters. The number of ether oxygens (including phenoxy) is 2. The lowest BCUT2D eigenvalue weighted by Gasteiger charge is -2.11. The summed E-state index contributed by atoms with van der Waals surface area (Å²) in [6.07, 6.45) is 1.31. The Labute approximate surface area is 177 Å². The first-order chi connectivity index (χ1) is 15.0. The minimum absolute atomic E-state index is 0.0860. The van der Waals surface area contributed by atoms with Crippen LogP contribution >= 0.6 is 0 Å². The molecule has 0 aliphatic rings. The summed E-state index contributed by atoms with van der Waals surface area (Å²) in [7, 11) is 3.04. The maximum atomic E-state index is 12.8. The molecular formula is C21H20N6O4. The molecule has 31 heavy (non-hydrogen) atoms. The van der Waals surface area contributed by atoms with E-state index in [1.165, 1.54) is 29.8 Å². The number of rotatable bonds is 6. The molecule has 0 spiro atoms. The summed E-state index contributed by atoms with van der Waals surface area (Å²) in [5.74, 6) is 0.623. The number of hydrogen-bond donors (Lipinski definition) is 1. The molecule has 2 aromatic carbocycles. The minimum atomic E-state index is -0.452. The number of aryl methyl sites for hydroxylation is 1. The zero-order valence-electron chi connectivity index (χ0n) is 17.2. The third-order valence-electron chi connectivity index (χ3n) is 4.66. The number of hydrogen-bond acceptors (Lipinski definition) is 7. The summed E-state index contributed by atoms with van der Waals surface area (Å²) in [6, 6.07) is 12.6. The molecule has 0 aliphatic heterocycles. The van der Waals surface area contributed by atoms with Crippen molar-refractivity contribution in [2.75, 3.05) is 19.5 Å². The number of methoxy groups -OCH3 is 2. The molecule has 1 N–H and O–H groups in total. The summed E-state index contributed by atoms with van der Waals surface area (Å²) in [6.45, 7) is 1.73. The van der Waals surface area contributed by atoms with Gasteiger partial charge in [-0.2, -0.15) is 4.68 Å². The average Bonchev–Trinajstić information content (AvgIpc) is 3.20. The van der Waals surface area contributed by atoms with E-state index in [4.69, 9.17) is 9.47 Å². The largest absolute Gasteiger partial charge is 0.493 e. The maximum Gasteiger partial charge on any atom is 0.284 e. The lowest BCUT2D eigenvalue weighted by molar-refractivity contribution is -0.116. The van der Waals surface area contributed by atoms with Crippen LogP contribution in [0.1, 0.15) is 5.56 Å². The average molecular weight is 420 g/mol. The van der Waals surface area contributed by atoms with Gasteiger partial charge in [-0.05, 0) is 36.8 Å². The van der Waals surface area contributed by atoms with Gasteiger partial charge in [0.15, 0.2) is 22.7 Å². The number of fused-ring (bicyclic) bond motifs is 1. The summed E-state index contributed by atoms with van der Waals surface area (Å²) < 4.78 is 13.1. The van der Waals surface area contributed by atoms with Crippen molar-refractivity contribution >= 4 is 22.8 Å². The standard InChI is InChI=1S/C21H20N6O4/c1-13-5-4-6-15(9-13)27-20-19(24-25-27)21(29)26(12-22-20)11-18(28)23-14-7-8-16(30-2)17(10-14)31-3/h4-10,12H,11H2,1-3H3,(H,23,28). The topological polar surface area (TPSA) is 113 Å². The lowest BCUT2D eigenvalue weighted by atomic mass is 10.2. The van der Waals surface area contributed by atoms with Crippen molar-refractivity contribution in [2.45, 2.75) is 13.5 Å². The van der Waals surface area contributed by atoms with Crippen LogP contribution in [0, 0.1) is 6.92 Å². The van der Waals surface area contributed by atoms with Crippen LogP contribution in [0.25, 0.3) is 16.9 Å². The van der Waals surface area contributed by atoms with E-state index in [2.05, 4.69) is 20.6 Å². The first-order valence-electron chi connectivity index (χ1n) is 9.40. The third-order valence-corrected chi connectivity index (χ3v) is 4.66. The van der Waals surface area contributed by atoms with Gasteiger partial charge in [0.2, 0.25) is 5.91 Å². The first kappa shape index (κ1) is 20.1. The Morgan fingerprint density at radius 2 is 1.90 bits per heavy atom. The summed E-state index contributed by atoms with van der Waals surface area (Å²) in [4.78, 5) is 29.6. The molecular weight excluding hydrogens is 400 g/mol. The fourth-order valence-electron chi connectivity index (χ4n) is 3.16. The first-order valence-corrected chi connectivity index (χ1v) is 9.40. The van der Waals surface area contributed by atoms with Gasteiger partial charge in [-0.25, -0.2) is 4.98 Å². The van der Waals surface area contributed by atoms with E-state index in [1.54, 1.807) is 18.2 Å². The Kier molecular flexibility index (Phi) is 5.35. The molecule has 0 fully saturated rings. The second-order valence-electron chi connectivity index (χ2n) is 6.81. The Morgan fingerprint density at radius 1 is 1.10 bits per heavy atom. The molecule has 2 aromatic heterocycles. The second-order valence-corrected chi connectivity index (χ2v) is 6.81. The number of aromatic nitrogens is 5. The molecule has 4 rings (SSSR count). The SMILES string of the molecule is COc1ccc(NC(=O)Cn2cnc3c(nnn3-c3cccc(C)c3)c2=O)cc1OC. The molecule has 1 amide bonds. The molecule has 0 saturated heterocycles. The van der Waals surface area contributed by atoms with Crippen LogP contribution in [0.2, 0.25) is 0 Å². The van der Waals surface area contributed by atoms with Gasteiger partial charge in [0.1, 0.15) is 12.9 Å². The van der Waals surface area contributed by atoms with Crippen LogP contribution in [0.4, 0.5) is 5.69 Å². The van der Waals surface area contributed by atoms with Crippen molar-refractivity contribution in [3.8, 4) is 17.2 Å². The Bertz CT molecular complexity index is 1330. The van der Waals surface area contributed by atoms with Crippen LogP contribution < -0.4 is 20.3 Å². The van der Waals surface area contributed by atoms with Crippen molar-refractivity contribution in [2.24, 2.45) is 0 Å². The highest BCUT2D eigenvalue weighted by molar-refractivity contribution is 5.91. The van der Waals surface area contributed by atoms with Crippen LogP contribution in [0.15, 0.2) is 53.6 Å². The zero-order valence-corrected chi connectivity index (χ0v) is 17.2. The normalized spacial score (nSPS) is 10.8. The van der Waals surface area contributed by atoms with E-state index in [-0.39, 0.29) is 12.1 Å². The second kappa shape index (κ2) is 8.27. The van der Waals surface area contributed by atoms with Crippen LogP contribution in [0.3, 0.4) is 0 Å². The number of nitrogens with one attached hydrogen (secondary N) is 1. The fourth-order valence-corrected chi connectivity index (χ4v) is 3.16. The molecule has 4 aromatic rings. The smallest absolute Gasteiger partial charge is 0.284 e. The van der Waals surface area contributed by atoms with Gasteiger partial charge >= 0.3 is 0 Å². The predicted molar refractivity (Wildman–Crippen MR) is 114 cm³/mol. The van der Waals surface area contributed by atoms with Crippen LogP contribution in [-0.2, 0) is 11.3 Å². The van der Waals surface area contributed by atoms with Gasteiger partial charge < -0.3 is 14.8 Å². The molecule has 158 valence electrons. The van der Waals surface area contributed by atoms with Crippen LogP contribution in [0.5, 0.6) is 11.5 Å². The lowest BCUT2D eigenvalue weighted by Crippen LogP contribution is -2.28. The van der Waals surface area contributed by atoms with Gasteiger partial charge in [-0.1, -0.05) is 17.3 Å². The zero-order chi connectivity index (χ0) is 22.0. The summed E-state index contributed by atoms with van der Waals surface area (Å²) in [5.41, 5.74) is 2.26. The highest BCUT2D eigenvalue weighted by Crippen LogP contribution is 2.29. The minimum Gasteiger partial charge on any atom is -0.493 e. The van der Waals surface area contributed by atoms with Crippen molar-refractivity contribution in [1.82, 2.24) is 24.5 Å². The van der Waals surface area contributed by atoms with E-state index in [1.807, 2.05) is 31.2 Å².